The highest BCUT2D eigenvalue weighted by Crippen LogP contribution is 2.30. The van der Waals surface area contributed by atoms with Gasteiger partial charge in [-0.1, -0.05) is 34.6 Å². The van der Waals surface area contributed by atoms with Crippen molar-refractivity contribution >= 4 is 14.0 Å². The average molecular weight is 455 g/mol. The van der Waals surface area contributed by atoms with Crippen LogP contribution >= 0.6 is 0 Å². The predicted octanol–water partition coefficient (Wildman–Crippen LogP) is 6.25. The molecule has 0 saturated carbocycles. The lowest BCUT2D eigenvalue weighted by molar-refractivity contribution is 0.0692. The van der Waals surface area contributed by atoms with E-state index in [1.165, 1.54) is 0 Å². The van der Waals surface area contributed by atoms with Gasteiger partial charge in [0.25, 0.3) is 0 Å². The van der Waals surface area contributed by atoms with Crippen LogP contribution in [-0.4, -0.2) is 39.8 Å². The van der Waals surface area contributed by atoms with Crippen LogP contribution in [0.2, 0.25) is 0 Å². The summed E-state index contributed by atoms with van der Waals surface area (Å²) < 4.78 is 32.0. The number of ether oxygens (including phenoxy) is 2. The van der Waals surface area contributed by atoms with Gasteiger partial charge < -0.3 is 22.8 Å². The van der Waals surface area contributed by atoms with Crippen molar-refractivity contribution in [1.29, 1.82) is 0 Å². The maximum Gasteiger partial charge on any atom is 0.541 e. The minimum absolute atomic E-state index is 0.260. The van der Waals surface area contributed by atoms with E-state index in [0.717, 1.165) is 48.8 Å². The standard InChI is InChI=1S/C25H46O5Si/c1-10-17-26-31(27-18-11-2,28-19-12-3)23-16-15-21(29-24(6,7)13-4)20-22(23)30-25(8,9)14-5/h15-16,20H,10-14,17-19H2,1-9H3. The van der Waals surface area contributed by atoms with Gasteiger partial charge in [0.2, 0.25) is 0 Å². The third kappa shape index (κ3) is 8.76. The molecular weight excluding hydrogens is 408 g/mol. The lowest BCUT2D eigenvalue weighted by Gasteiger charge is -2.34. The zero-order valence-corrected chi connectivity index (χ0v) is 22.4. The second-order valence-corrected chi connectivity index (χ2v) is 11.7. The Kier molecular flexibility index (Phi) is 11.6. The van der Waals surface area contributed by atoms with Gasteiger partial charge in [-0.3, -0.25) is 0 Å². The first-order valence-corrected chi connectivity index (χ1v) is 13.8. The molecule has 0 aliphatic heterocycles. The SMILES string of the molecule is CCCO[Si](OCCC)(OCCC)c1ccc(OC(C)(C)CC)cc1OC(C)(C)CC. The summed E-state index contributed by atoms with van der Waals surface area (Å²) in [7, 11) is -3.16. The Morgan fingerprint density at radius 3 is 1.55 bits per heavy atom. The molecule has 0 aromatic heterocycles. The van der Waals surface area contributed by atoms with Gasteiger partial charge >= 0.3 is 8.80 Å². The van der Waals surface area contributed by atoms with Crippen LogP contribution in [0.1, 0.15) is 94.4 Å². The predicted molar refractivity (Wildman–Crippen MR) is 131 cm³/mol. The maximum absolute atomic E-state index is 6.53. The number of hydrogen-bond acceptors (Lipinski definition) is 5. The summed E-state index contributed by atoms with van der Waals surface area (Å²) >= 11 is 0. The minimum Gasteiger partial charge on any atom is -0.488 e. The van der Waals surface area contributed by atoms with E-state index in [1.54, 1.807) is 0 Å². The van der Waals surface area contributed by atoms with Gasteiger partial charge in [0, 0.05) is 25.9 Å². The highest BCUT2D eigenvalue weighted by atomic mass is 28.4. The summed E-state index contributed by atoms with van der Waals surface area (Å²) in [5.41, 5.74) is -0.599. The molecule has 0 heterocycles. The molecule has 0 fully saturated rings. The third-order valence-corrected chi connectivity index (χ3v) is 8.08. The van der Waals surface area contributed by atoms with E-state index in [-0.39, 0.29) is 11.2 Å². The van der Waals surface area contributed by atoms with Crippen LogP contribution in [0.3, 0.4) is 0 Å². The molecule has 0 amide bonds. The molecule has 0 spiro atoms. The molecule has 0 atom stereocenters. The van der Waals surface area contributed by atoms with Crippen molar-refractivity contribution in [3.63, 3.8) is 0 Å². The van der Waals surface area contributed by atoms with E-state index < -0.39 is 8.80 Å². The van der Waals surface area contributed by atoms with E-state index in [9.17, 15) is 0 Å². The molecule has 1 aromatic carbocycles. The van der Waals surface area contributed by atoms with Crippen LogP contribution in [0.4, 0.5) is 0 Å². The summed E-state index contributed by atoms with van der Waals surface area (Å²) in [6, 6.07) is 5.99. The number of hydrogen-bond donors (Lipinski definition) is 0. The van der Waals surface area contributed by atoms with Gasteiger partial charge in [-0.05, 0) is 71.9 Å². The van der Waals surface area contributed by atoms with E-state index in [4.69, 9.17) is 22.8 Å². The van der Waals surface area contributed by atoms with E-state index in [1.807, 2.05) is 18.2 Å². The van der Waals surface area contributed by atoms with E-state index in [2.05, 4.69) is 62.3 Å². The van der Waals surface area contributed by atoms with Gasteiger partial charge in [-0.25, -0.2) is 0 Å². The normalized spacial score (nSPS) is 12.8. The van der Waals surface area contributed by atoms with Gasteiger partial charge in [0.05, 0.1) is 5.19 Å². The average Bonchev–Trinajstić information content (AvgIpc) is 2.73. The zero-order valence-electron chi connectivity index (χ0n) is 21.4. The first kappa shape index (κ1) is 28.0. The van der Waals surface area contributed by atoms with Gasteiger partial charge in [0.15, 0.2) is 0 Å². The topological polar surface area (TPSA) is 46.2 Å². The van der Waals surface area contributed by atoms with Crippen molar-refractivity contribution in [1.82, 2.24) is 0 Å². The lowest BCUT2D eigenvalue weighted by atomic mass is 10.1. The van der Waals surface area contributed by atoms with Crippen molar-refractivity contribution in [2.24, 2.45) is 0 Å². The monoisotopic (exact) mass is 454 g/mol. The summed E-state index contributed by atoms with van der Waals surface area (Å²) in [6.45, 7) is 20.7. The van der Waals surface area contributed by atoms with Crippen molar-refractivity contribution in [2.45, 2.75) is 106 Å². The van der Waals surface area contributed by atoms with E-state index in [0.29, 0.717) is 19.8 Å². The largest absolute Gasteiger partial charge is 0.541 e. The fourth-order valence-electron chi connectivity index (χ4n) is 2.73. The fourth-order valence-corrected chi connectivity index (χ4v) is 5.58. The molecule has 0 N–H and O–H groups in total. The van der Waals surface area contributed by atoms with Gasteiger partial charge in [-0.2, -0.15) is 0 Å². The molecule has 180 valence electrons. The van der Waals surface area contributed by atoms with Crippen molar-refractivity contribution < 1.29 is 22.8 Å². The Labute approximate surface area is 192 Å². The Balaban J connectivity index is 3.57. The highest BCUT2D eigenvalue weighted by Gasteiger charge is 2.47. The summed E-state index contributed by atoms with van der Waals surface area (Å²) in [4.78, 5) is 0. The van der Waals surface area contributed by atoms with Crippen molar-refractivity contribution in [3.8, 4) is 11.5 Å². The highest BCUT2D eigenvalue weighted by molar-refractivity contribution is 6.76. The first-order valence-electron chi connectivity index (χ1n) is 12.0. The van der Waals surface area contributed by atoms with Crippen LogP contribution in [0, 0.1) is 0 Å². The zero-order chi connectivity index (χ0) is 23.5. The van der Waals surface area contributed by atoms with Crippen LogP contribution in [0.15, 0.2) is 18.2 Å². The molecular formula is C25H46O5Si. The summed E-state index contributed by atoms with van der Waals surface area (Å²) in [5, 5.41) is 0.881. The Morgan fingerprint density at radius 2 is 1.13 bits per heavy atom. The van der Waals surface area contributed by atoms with Crippen LogP contribution < -0.4 is 14.7 Å². The first-order chi connectivity index (χ1) is 14.6. The molecule has 0 unspecified atom stereocenters. The van der Waals surface area contributed by atoms with Crippen molar-refractivity contribution in [2.75, 3.05) is 19.8 Å². The summed E-state index contributed by atoms with van der Waals surface area (Å²) in [6.07, 6.45) is 4.45. The lowest BCUT2D eigenvalue weighted by Crippen LogP contribution is -2.58. The minimum atomic E-state index is -3.16. The molecule has 0 aliphatic rings. The number of rotatable bonds is 16. The Bertz CT molecular complexity index is 623. The molecule has 1 rings (SSSR count). The molecule has 31 heavy (non-hydrogen) atoms. The maximum atomic E-state index is 6.53. The molecule has 0 bridgehead atoms. The van der Waals surface area contributed by atoms with Gasteiger partial charge in [-0.15, -0.1) is 0 Å². The fraction of sp³-hybridized carbons (Fsp3) is 0.760. The molecule has 5 nitrogen and oxygen atoms in total. The van der Waals surface area contributed by atoms with Crippen LogP contribution in [0.25, 0.3) is 0 Å². The molecule has 1 aromatic rings. The van der Waals surface area contributed by atoms with Crippen LogP contribution in [-0.2, 0) is 13.3 Å². The molecule has 6 heteroatoms. The van der Waals surface area contributed by atoms with E-state index >= 15 is 0 Å². The third-order valence-electron chi connectivity index (χ3n) is 5.25. The smallest absolute Gasteiger partial charge is 0.488 e. The quantitative estimate of drug-likeness (QED) is 0.276. The summed E-state index contributed by atoms with van der Waals surface area (Å²) in [5.74, 6) is 1.51. The van der Waals surface area contributed by atoms with Gasteiger partial charge in [0.1, 0.15) is 22.7 Å². The number of benzene rings is 1. The van der Waals surface area contributed by atoms with Crippen LogP contribution in [0.5, 0.6) is 11.5 Å². The second-order valence-electron chi connectivity index (χ2n) is 9.19. The van der Waals surface area contributed by atoms with Crippen molar-refractivity contribution in [3.05, 3.63) is 18.2 Å². The Morgan fingerprint density at radius 1 is 0.677 bits per heavy atom. The Hall–Kier alpha value is -1.08. The molecule has 0 aliphatic carbocycles. The molecule has 0 radical (unpaired) electrons. The molecule has 0 saturated heterocycles. The second kappa shape index (κ2) is 12.8.